The molecule has 7 heteroatoms. The maximum Gasteiger partial charge on any atom is 0.245 e. The number of nitrogens with one attached hydrogen (secondary N) is 1. The number of nitrogens with zero attached hydrogens (tertiary/aromatic N) is 4. The number of aryl methyl sites for hydroxylation is 1. The smallest absolute Gasteiger partial charge is 0.245 e. The van der Waals surface area contributed by atoms with E-state index in [1.807, 2.05) is 13.1 Å². The van der Waals surface area contributed by atoms with Gasteiger partial charge in [0.2, 0.25) is 5.89 Å². The summed E-state index contributed by atoms with van der Waals surface area (Å²) >= 11 is 3.47. The lowest BCUT2D eigenvalue weighted by Crippen LogP contribution is -2.46. The Hall–Kier alpha value is -1.18. The Kier molecular flexibility index (Phi) is 3.91. The first-order chi connectivity index (χ1) is 9.61. The minimum atomic E-state index is 0.170. The van der Waals surface area contributed by atoms with Gasteiger partial charge in [-0.2, -0.15) is 4.98 Å². The lowest BCUT2D eigenvalue weighted by molar-refractivity contribution is 0.0708. The molecule has 0 amide bonds. The average Bonchev–Trinajstić information content (AvgIpc) is 3.01. The molecule has 20 heavy (non-hydrogen) atoms. The molecule has 1 aliphatic rings. The molecule has 1 aliphatic heterocycles. The normalized spacial score (nSPS) is 21.4. The molecule has 0 spiro atoms. The number of hydrogen-bond donors (Lipinski definition) is 1. The second-order valence-electron chi connectivity index (χ2n) is 5.25. The highest BCUT2D eigenvalue weighted by Gasteiger charge is 2.29. The maximum absolute atomic E-state index is 5.33. The first-order valence-corrected chi connectivity index (χ1v) is 7.47. The zero-order valence-electron chi connectivity index (χ0n) is 11.6. The van der Waals surface area contributed by atoms with Crippen LogP contribution >= 0.6 is 15.9 Å². The first kappa shape index (κ1) is 13.8. The van der Waals surface area contributed by atoms with Crippen LogP contribution in [0.1, 0.15) is 23.5 Å². The summed E-state index contributed by atoms with van der Waals surface area (Å²) in [6.45, 7) is 5.69. The third-order valence-electron chi connectivity index (χ3n) is 3.66. The molecule has 0 bridgehead atoms. The van der Waals surface area contributed by atoms with Crippen molar-refractivity contribution in [1.29, 1.82) is 0 Å². The van der Waals surface area contributed by atoms with Gasteiger partial charge in [0.25, 0.3) is 0 Å². The Morgan fingerprint density at radius 2 is 2.35 bits per heavy atom. The lowest BCUT2D eigenvalue weighted by Gasteiger charge is -2.37. The monoisotopic (exact) mass is 339 g/mol. The van der Waals surface area contributed by atoms with E-state index in [0.717, 1.165) is 30.7 Å². The van der Waals surface area contributed by atoms with Gasteiger partial charge in [0.1, 0.15) is 6.04 Å². The number of H-pyrrole nitrogens is 1. The quantitative estimate of drug-likeness (QED) is 0.926. The van der Waals surface area contributed by atoms with Gasteiger partial charge in [-0.3, -0.25) is 9.80 Å². The highest BCUT2D eigenvalue weighted by molar-refractivity contribution is 9.10. The number of aromatic nitrogens is 3. The first-order valence-electron chi connectivity index (χ1n) is 6.67. The highest BCUT2D eigenvalue weighted by atomic mass is 79.9. The van der Waals surface area contributed by atoms with Crippen LogP contribution in [0.3, 0.4) is 0 Å². The molecule has 1 fully saturated rings. The van der Waals surface area contributed by atoms with Crippen molar-refractivity contribution in [3.63, 3.8) is 0 Å². The number of rotatable bonds is 3. The molecule has 2 aromatic rings. The average molecular weight is 340 g/mol. The Labute approximate surface area is 126 Å². The summed E-state index contributed by atoms with van der Waals surface area (Å²) < 4.78 is 6.42. The Morgan fingerprint density at radius 3 is 3.00 bits per heavy atom. The summed E-state index contributed by atoms with van der Waals surface area (Å²) in [4.78, 5) is 12.3. The van der Waals surface area contributed by atoms with Crippen LogP contribution in [0.5, 0.6) is 0 Å². The van der Waals surface area contributed by atoms with E-state index in [4.69, 9.17) is 4.52 Å². The van der Waals surface area contributed by atoms with E-state index in [1.54, 1.807) is 0 Å². The molecule has 0 aliphatic carbocycles. The standard InChI is InChI=1S/C13H18BrN5O/c1-9-16-13(20-17-9)12-8-19(4-3-18(12)2)7-11-5-10(14)6-15-11/h5-6,12,15H,3-4,7-8H2,1-2H3. The van der Waals surface area contributed by atoms with Crippen LogP contribution in [0.25, 0.3) is 0 Å². The molecule has 0 aromatic carbocycles. The van der Waals surface area contributed by atoms with Crippen molar-refractivity contribution >= 4 is 15.9 Å². The fraction of sp³-hybridized carbons (Fsp3) is 0.538. The summed E-state index contributed by atoms with van der Waals surface area (Å²) in [5.74, 6) is 1.40. The molecule has 1 saturated heterocycles. The molecule has 0 saturated carbocycles. The van der Waals surface area contributed by atoms with Crippen molar-refractivity contribution in [1.82, 2.24) is 24.9 Å². The second-order valence-corrected chi connectivity index (χ2v) is 6.17. The molecule has 1 atom stereocenters. The summed E-state index contributed by atoms with van der Waals surface area (Å²) in [6.07, 6.45) is 1.96. The minimum absolute atomic E-state index is 0.170. The van der Waals surface area contributed by atoms with Crippen LogP contribution in [0.15, 0.2) is 21.3 Å². The molecular weight excluding hydrogens is 322 g/mol. The van der Waals surface area contributed by atoms with Crippen molar-refractivity contribution in [2.24, 2.45) is 0 Å². The Bertz CT molecular complexity index is 581. The molecule has 2 aromatic heterocycles. The molecule has 1 unspecified atom stereocenters. The number of likely N-dealkylation sites (N-methyl/N-ethyl adjacent to an activating group) is 1. The predicted molar refractivity (Wildman–Crippen MR) is 78.2 cm³/mol. The Balaban J connectivity index is 1.69. The zero-order chi connectivity index (χ0) is 14.1. The van der Waals surface area contributed by atoms with Gasteiger partial charge in [0.15, 0.2) is 5.82 Å². The van der Waals surface area contributed by atoms with Crippen LogP contribution in [-0.2, 0) is 6.54 Å². The van der Waals surface area contributed by atoms with Gasteiger partial charge in [-0.05, 0) is 36.0 Å². The summed E-state index contributed by atoms with van der Waals surface area (Å²) in [7, 11) is 2.10. The number of piperazine rings is 1. The molecule has 3 heterocycles. The topological polar surface area (TPSA) is 61.2 Å². The molecular formula is C13H18BrN5O. The van der Waals surface area contributed by atoms with Crippen molar-refractivity contribution in [3.05, 3.63) is 34.1 Å². The van der Waals surface area contributed by atoms with Crippen molar-refractivity contribution in [2.75, 3.05) is 26.7 Å². The number of hydrogen-bond acceptors (Lipinski definition) is 5. The van der Waals surface area contributed by atoms with Crippen LogP contribution in [0.4, 0.5) is 0 Å². The van der Waals surface area contributed by atoms with Gasteiger partial charge < -0.3 is 9.51 Å². The number of halogens is 1. The predicted octanol–water partition coefficient (Wildman–Crippen LogP) is 1.96. The summed E-state index contributed by atoms with van der Waals surface area (Å²) in [6, 6.07) is 2.29. The van der Waals surface area contributed by atoms with E-state index in [1.165, 1.54) is 5.69 Å². The second kappa shape index (κ2) is 5.67. The summed E-state index contributed by atoms with van der Waals surface area (Å²) in [5.41, 5.74) is 1.21. The zero-order valence-corrected chi connectivity index (χ0v) is 13.2. The molecule has 3 rings (SSSR count). The van der Waals surface area contributed by atoms with Gasteiger partial charge in [-0.1, -0.05) is 5.16 Å². The van der Waals surface area contributed by atoms with Gasteiger partial charge in [0, 0.05) is 42.5 Å². The molecule has 1 N–H and O–H groups in total. The minimum Gasteiger partial charge on any atom is -0.363 e. The number of aromatic amines is 1. The van der Waals surface area contributed by atoms with Crippen LogP contribution in [-0.4, -0.2) is 51.6 Å². The van der Waals surface area contributed by atoms with Crippen molar-refractivity contribution in [3.8, 4) is 0 Å². The van der Waals surface area contributed by atoms with E-state index >= 15 is 0 Å². The van der Waals surface area contributed by atoms with E-state index in [0.29, 0.717) is 11.7 Å². The summed E-state index contributed by atoms with van der Waals surface area (Å²) in [5, 5.41) is 3.89. The largest absolute Gasteiger partial charge is 0.363 e. The van der Waals surface area contributed by atoms with E-state index in [9.17, 15) is 0 Å². The molecule has 6 nitrogen and oxygen atoms in total. The SMILES string of the molecule is Cc1noc(C2CN(Cc3cc(Br)c[nH]3)CCN2C)n1. The highest BCUT2D eigenvalue weighted by Crippen LogP contribution is 2.24. The van der Waals surface area contributed by atoms with E-state index in [2.05, 4.69) is 54.0 Å². The van der Waals surface area contributed by atoms with Crippen LogP contribution < -0.4 is 0 Å². The maximum atomic E-state index is 5.33. The fourth-order valence-electron chi connectivity index (χ4n) is 2.53. The van der Waals surface area contributed by atoms with Crippen LogP contribution in [0.2, 0.25) is 0 Å². The Morgan fingerprint density at radius 1 is 1.50 bits per heavy atom. The van der Waals surface area contributed by atoms with Crippen molar-refractivity contribution in [2.45, 2.75) is 19.5 Å². The van der Waals surface area contributed by atoms with Crippen molar-refractivity contribution < 1.29 is 4.52 Å². The third kappa shape index (κ3) is 2.94. The van der Waals surface area contributed by atoms with E-state index < -0.39 is 0 Å². The molecule has 0 radical (unpaired) electrons. The fourth-order valence-corrected chi connectivity index (χ4v) is 2.92. The lowest BCUT2D eigenvalue weighted by atomic mass is 10.1. The van der Waals surface area contributed by atoms with Gasteiger partial charge in [-0.15, -0.1) is 0 Å². The van der Waals surface area contributed by atoms with Gasteiger partial charge >= 0.3 is 0 Å². The van der Waals surface area contributed by atoms with Gasteiger partial charge in [-0.25, -0.2) is 0 Å². The van der Waals surface area contributed by atoms with Crippen LogP contribution in [0, 0.1) is 6.92 Å². The van der Waals surface area contributed by atoms with E-state index in [-0.39, 0.29) is 6.04 Å². The third-order valence-corrected chi connectivity index (χ3v) is 4.12. The van der Waals surface area contributed by atoms with Gasteiger partial charge in [0.05, 0.1) is 0 Å². The molecule has 108 valence electrons.